The number of carbonyl (C=O) groups excluding carboxylic acids is 1. The molecule has 7 nitrogen and oxygen atoms in total. The van der Waals surface area contributed by atoms with Gasteiger partial charge in [-0.15, -0.1) is 0 Å². The van der Waals surface area contributed by atoms with Crippen LogP contribution >= 0.6 is 0 Å². The van der Waals surface area contributed by atoms with Crippen LogP contribution < -0.4 is 10.9 Å². The number of nitrogens with zero attached hydrogens (tertiary/aromatic N) is 1. The molecule has 0 spiro atoms. The van der Waals surface area contributed by atoms with Gasteiger partial charge in [-0.3, -0.25) is 9.59 Å². The third-order valence-electron chi connectivity index (χ3n) is 4.65. The van der Waals surface area contributed by atoms with E-state index in [4.69, 9.17) is 0 Å². The summed E-state index contributed by atoms with van der Waals surface area (Å²) in [5, 5.41) is 3.71. The Bertz CT molecular complexity index is 1230. The molecular weight excluding hydrogens is 390 g/mol. The number of carbonyl (C=O) groups is 1. The Labute approximate surface area is 169 Å². The fourth-order valence-electron chi connectivity index (χ4n) is 3.03. The molecule has 29 heavy (non-hydrogen) atoms. The molecule has 0 radical (unpaired) electrons. The lowest BCUT2D eigenvalue weighted by Crippen LogP contribution is -2.22. The highest BCUT2D eigenvalue weighted by atomic mass is 32.2. The predicted octanol–water partition coefficient (Wildman–Crippen LogP) is 3.15. The van der Waals surface area contributed by atoms with Crippen molar-refractivity contribution in [2.45, 2.75) is 24.7 Å². The first-order valence-electron chi connectivity index (χ1n) is 9.10. The standard InChI is InChI=1S/C21H23N3O4S/c1-13(2)18-12-20(25)23-19-11-15(7-10-17(18)19)22-21(26)14-5-8-16(9-6-14)29(27,28)24(3)4/h5-13H,1-4H3,(H,22,26)(H,23,25). The molecule has 3 rings (SSSR count). The normalized spacial score (nSPS) is 11.9. The van der Waals surface area contributed by atoms with Gasteiger partial charge >= 0.3 is 0 Å². The number of hydrogen-bond acceptors (Lipinski definition) is 4. The minimum Gasteiger partial charge on any atom is -0.322 e. The van der Waals surface area contributed by atoms with Gasteiger partial charge in [-0.05, 0) is 47.9 Å². The second-order valence-corrected chi connectivity index (χ2v) is 9.42. The van der Waals surface area contributed by atoms with Crippen LogP contribution in [0.15, 0.2) is 58.2 Å². The SMILES string of the molecule is CC(C)c1cc(=O)[nH]c2cc(NC(=O)c3ccc(S(=O)(=O)N(C)C)cc3)ccc12. The van der Waals surface area contributed by atoms with E-state index < -0.39 is 10.0 Å². The number of sulfonamides is 1. The third-order valence-corrected chi connectivity index (χ3v) is 6.48. The lowest BCUT2D eigenvalue weighted by Gasteiger charge is -2.12. The van der Waals surface area contributed by atoms with Crippen LogP contribution in [-0.4, -0.2) is 37.7 Å². The van der Waals surface area contributed by atoms with E-state index in [-0.39, 0.29) is 22.3 Å². The number of aromatic nitrogens is 1. The number of pyridine rings is 1. The highest BCUT2D eigenvalue weighted by Crippen LogP contribution is 2.25. The van der Waals surface area contributed by atoms with Gasteiger partial charge in [0, 0.05) is 36.8 Å². The number of amides is 1. The third kappa shape index (κ3) is 4.23. The molecular formula is C21H23N3O4S. The molecule has 2 aromatic carbocycles. The van der Waals surface area contributed by atoms with E-state index in [2.05, 4.69) is 10.3 Å². The fraction of sp³-hybridized carbons (Fsp3) is 0.238. The maximum absolute atomic E-state index is 12.5. The lowest BCUT2D eigenvalue weighted by atomic mass is 9.99. The van der Waals surface area contributed by atoms with Crippen LogP contribution in [-0.2, 0) is 10.0 Å². The Hall–Kier alpha value is -2.97. The Morgan fingerprint density at radius 3 is 2.28 bits per heavy atom. The molecule has 0 aliphatic rings. The molecule has 2 N–H and O–H groups in total. The number of hydrogen-bond donors (Lipinski definition) is 2. The zero-order chi connectivity index (χ0) is 21.3. The van der Waals surface area contributed by atoms with Gasteiger partial charge in [0.25, 0.3) is 5.91 Å². The Kier molecular flexibility index (Phi) is 5.59. The first kappa shape index (κ1) is 20.8. The summed E-state index contributed by atoms with van der Waals surface area (Å²) in [7, 11) is -0.652. The zero-order valence-corrected chi connectivity index (χ0v) is 17.5. The number of anilines is 1. The van der Waals surface area contributed by atoms with E-state index >= 15 is 0 Å². The van der Waals surface area contributed by atoms with Gasteiger partial charge in [-0.2, -0.15) is 0 Å². The molecule has 1 amide bonds. The Balaban J connectivity index is 1.87. The van der Waals surface area contributed by atoms with E-state index in [0.717, 1.165) is 15.3 Å². The van der Waals surface area contributed by atoms with Crippen LogP contribution in [0.4, 0.5) is 5.69 Å². The van der Waals surface area contributed by atoms with Crippen molar-refractivity contribution in [1.82, 2.24) is 9.29 Å². The molecule has 0 saturated heterocycles. The molecule has 1 aromatic heterocycles. The number of nitrogens with one attached hydrogen (secondary N) is 2. The summed E-state index contributed by atoms with van der Waals surface area (Å²) in [6.45, 7) is 4.04. The first-order chi connectivity index (χ1) is 13.6. The largest absolute Gasteiger partial charge is 0.322 e. The molecule has 3 aromatic rings. The van der Waals surface area contributed by atoms with E-state index in [9.17, 15) is 18.0 Å². The lowest BCUT2D eigenvalue weighted by molar-refractivity contribution is 0.102. The van der Waals surface area contributed by atoms with Crippen molar-refractivity contribution in [2.75, 3.05) is 19.4 Å². The molecule has 0 atom stereocenters. The van der Waals surface area contributed by atoms with Crippen molar-refractivity contribution in [3.8, 4) is 0 Å². The summed E-state index contributed by atoms with van der Waals surface area (Å²) in [5.41, 5.74) is 2.25. The molecule has 1 heterocycles. The quantitative estimate of drug-likeness (QED) is 0.671. The summed E-state index contributed by atoms with van der Waals surface area (Å²) in [6.07, 6.45) is 0. The topological polar surface area (TPSA) is 99.3 Å². The Morgan fingerprint density at radius 1 is 1.03 bits per heavy atom. The van der Waals surface area contributed by atoms with E-state index in [1.807, 2.05) is 19.9 Å². The second kappa shape index (κ2) is 7.81. The van der Waals surface area contributed by atoms with Gasteiger partial charge in [0.1, 0.15) is 0 Å². The van der Waals surface area contributed by atoms with Crippen LogP contribution in [0, 0.1) is 0 Å². The van der Waals surface area contributed by atoms with E-state index in [1.54, 1.807) is 18.2 Å². The minimum atomic E-state index is -3.55. The van der Waals surface area contributed by atoms with Crippen molar-refractivity contribution in [1.29, 1.82) is 0 Å². The number of rotatable bonds is 5. The van der Waals surface area contributed by atoms with Crippen LogP contribution in [0.5, 0.6) is 0 Å². The van der Waals surface area contributed by atoms with Gasteiger partial charge < -0.3 is 10.3 Å². The fourth-order valence-corrected chi connectivity index (χ4v) is 3.94. The number of fused-ring (bicyclic) bond motifs is 1. The van der Waals surface area contributed by atoms with Crippen molar-refractivity contribution >= 4 is 32.5 Å². The molecule has 152 valence electrons. The van der Waals surface area contributed by atoms with Crippen LogP contribution in [0.25, 0.3) is 10.9 Å². The average Bonchev–Trinajstić information content (AvgIpc) is 2.66. The molecule has 0 bridgehead atoms. The van der Waals surface area contributed by atoms with Gasteiger partial charge in [-0.25, -0.2) is 12.7 Å². The van der Waals surface area contributed by atoms with Gasteiger partial charge in [0.05, 0.1) is 10.4 Å². The molecule has 0 aliphatic carbocycles. The number of H-pyrrole nitrogens is 1. The minimum absolute atomic E-state index is 0.114. The summed E-state index contributed by atoms with van der Waals surface area (Å²) >= 11 is 0. The summed E-state index contributed by atoms with van der Waals surface area (Å²) in [6, 6.07) is 12.7. The molecule has 0 aliphatic heterocycles. The average molecular weight is 413 g/mol. The first-order valence-corrected chi connectivity index (χ1v) is 10.5. The van der Waals surface area contributed by atoms with E-state index in [0.29, 0.717) is 16.8 Å². The monoisotopic (exact) mass is 413 g/mol. The van der Waals surface area contributed by atoms with Gasteiger partial charge in [0.15, 0.2) is 0 Å². The maximum Gasteiger partial charge on any atom is 0.255 e. The zero-order valence-electron chi connectivity index (χ0n) is 16.7. The maximum atomic E-state index is 12.5. The molecule has 0 saturated carbocycles. The summed E-state index contributed by atoms with van der Waals surface area (Å²) in [4.78, 5) is 27.4. The molecule has 0 unspecified atom stereocenters. The summed E-state index contributed by atoms with van der Waals surface area (Å²) < 4.78 is 25.4. The van der Waals surface area contributed by atoms with Crippen molar-refractivity contribution < 1.29 is 13.2 Å². The number of aromatic amines is 1. The van der Waals surface area contributed by atoms with Gasteiger partial charge in [-0.1, -0.05) is 19.9 Å². The van der Waals surface area contributed by atoms with Crippen LogP contribution in [0.2, 0.25) is 0 Å². The second-order valence-electron chi connectivity index (χ2n) is 7.27. The molecule has 0 fully saturated rings. The number of benzene rings is 2. The Morgan fingerprint density at radius 2 is 1.69 bits per heavy atom. The van der Waals surface area contributed by atoms with Crippen LogP contribution in [0.3, 0.4) is 0 Å². The van der Waals surface area contributed by atoms with Crippen molar-refractivity contribution in [2.24, 2.45) is 0 Å². The predicted molar refractivity (Wildman–Crippen MR) is 114 cm³/mol. The highest BCUT2D eigenvalue weighted by molar-refractivity contribution is 7.89. The van der Waals surface area contributed by atoms with E-state index in [1.165, 1.54) is 38.4 Å². The van der Waals surface area contributed by atoms with Crippen LogP contribution in [0.1, 0.15) is 35.7 Å². The smallest absolute Gasteiger partial charge is 0.255 e. The van der Waals surface area contributed by atoms with Crippen molar-refractivity contribution in [3.63, 3.8) is 0 Å². The van der Waals surface area contributed by atoms with Crippen molar-refractivity contribution in [3.05, 3.63) is 70.0 Å². The van der Waals surface area contributed by atoms with Gasteiger partial charge in [0.2, 0.25) is 15.6 Å². The molecule has 8 heteroatoms. The highest BCUT2D eigenvalue weighted by Gasteiger charge is 2.17. The summed E-state index contributed by atoms with van der Waals surface area (Å²) in [5.74, 6) is -0.183.